The van der Waals surface area contributed by atoms with Crippen LogP contribution >= 0.6 is 11.8 Å². The minimum Gasteiger partial charge on any atom is -0.377 e. The van der Waals surface area contributed by atoms with Crippen LogP contribution in [0.2, 0.25) is 0 Å². The number of thioether (sulfide) groups is 1. The third-order valence-electron chi connectivity index (χ3n) is 2.98. The number of hydrogen-bond donors (Lipinski definition) is 2. The van der Waals surface area contributed by atoms with Gasteiger partial charge in [0.25, 0.3) is 0 Å². The van der Waals surface area contributed by atoms with Crippen LogP contribution in [-0.2, 0) is 9.53 Å². The minimum absolute atomic E-state index is 0.296. The number of nitrogens with one attached hydrogen (secondary N) is 1. The number of nitrogens with two attached hydrogens (primary N) is 1. The lowest BCUT2D eigenvalue weighted by Crippen LogP contribution is -2.53. The van der Waals surface area contributed by atoms with Gasteiger partial charge in [0.15, 0.2) is 5.16 Å². The third kappa shape index (κ3) is 3.31. The average molecular weight is 297 g/mol. The number of amides is 1. The van der Waals surface area contributed by atoms with Crippen LogP contribution in [0.1, 0.15) is 6.92 Å². The van der Waals surface area contributed by atoms with E-state index in [1.807, 2.05) is 24.1 Å². The quantitative estimate of drug-likeness (QED) is 0.597. The predicted molar refractivity (Wildman–Crippen MR) is 79.1 cm³/mol. The standard InChI is InChI=1S/C12H19N5O2S/c1-3-14-9-6-10(16-12(15-9)20-2)17-4-5-19-7-8(17)11(13)18/h6,8H,3-5,7H2,1-2H3,(H2,13,18)(H,14,15,16). The van der Waals surface area contributed by atoms with Gasteiger partial charge in [0.1, 0.15) is 17.7 Å². The fourth-order valence-corrected chi connectivity index (χ4v) is 2.41. The van der Waals surface area contributed by atoms with Gasteiger partial charge in [-0.1, -0.05) is 11.8 Å². The highest BCUT2D eigenvalue weighted by Crippen LogP contribution is 2.23. The van der Waals surface area contributed by atoms with Crippen LogP contribution in [0.5, 0.6) is 0 Å². The lowest BCUT2D eigenvalue weighted by Gasteiger charge is -2.34. The molecule has 3 N–H and O–H groups in total. The minimum atomic E-state index is -0.483. The Balaban J connectivity index is 2.33. The Kier molecular flexibility index (Phi) is 5.02. The van der Waals surface area contributed by atoms with Gasteiger partial charge in [0, 0.05) is 19.2 Å². The van der Waals surface area contributed by atoms with Crippen LogP contribution in [0.15, 0.2) is 11.2 Å². The summed E-state index contributed by atoms with van der Waals surface area (Å²) in [6, 6.07) is 1.35. The number of rotatable bonds is 5. The molecule has 1 aromatic rings. The number of hydrogen-bond acceptors (Lipinski definition) is 7. The van der Waals surface area contributed by atoms with E-state index < -0.39 is 11.9 Å². The van der Waals surface area contributed by atoms with Crippen molar-refractivity contribution in [1.82, 2.24) is 9.97 Å². The molecular weight excluding hydrogens is 278 g/mol. The summed E-state index contributed by atoms with van der Waals surface area (Å²) in [6.45, 7) is 4.21. The van der Waals surface area contributed by atoms with Crippen molar-refractivity contribution in [3.8, 4) is 0 Å². The molecule has 1 amide bonds. The maximum atomic E-state index is 11.5. The van der Waals surface area contributed by atoms with Crippen molar-refractivity contribution in [2.75, 3.05) is 42.8 Å². The maximum Gasteiger partial charge on any atom is 0.242 e. The number of anilines is 2. The first-order valence-corrected chi connectivity index (χ1v) is 7.68. The van der Waals surface area contributed by atoms with Gasteiger partial charge in [0.05, 0.1) is 13.2 Å². The Labute approximate surface area is 122 Å². The van der Waals surface area contributed by atoms with Gasteiger partial charge in [-0.05, 0) is 13.2 Å². The zero-order chi connectivity index (χ0) is 14.5. The van der Waals surface area contributed by atoms with Gasteiger partial charge in [-0.2, -0.15) is 0 Å². The molecule has 1 aliphatic rings. The Morgan fingerprint density at radius 3 is 3.10 bits per heavy atom. The van der Waals surface area contributed by atoms with Crippen LogP contribution in [0.3, 0.4) is 0 Å². The zero-order valence-electron chi connectivity index (χ0n) is 11.6. The van der Waals surface area contributed by atoms with Gasteiger partial charge in [-0.25, -0.2) is 9.97 Å². The monoisotopic (exact) mass is 297 g/mol. The van der Waals surface area contributed by atoms with E-state index in [0.717, 1.165) is 12.4 Å². The van der Waals surface area contributed by atoms with E-state index in [2.05, 4.69) is 15.3 Å². The summed E-state index contributed by atoms with van der Waals surface area (Å²) < 4.78 is 5.32. The molecule has 1 aromatic heterocycles. The van der Waals surface area contributed by atoms with Gasteiger partial charge in [-0.3, -0.25) is 4.79 Å². The predicted octanol–water partition coefficient (Wildman–Crippen LogP) is 0.321. The maximum absolute atomic E-state index is 11.5. The smallest absolute Gasteiger partial charge is 0.242 e. The van der Waals surface area contributed by atoms with Crippen LogP contribution in [0.4, 0.5) is 11.6 Å². The third-order valence-corrected chi connectivity index (χ3v) is 3.53. The fraction of sp³-hybridized carbons (Fsp3) is 0.583. The first-order chi connectivity index (χ1) is 9.65. The Hall–Kier alpha value is -1.54. The lowest BCUT2D eigenvalue weighted by molar-refractivity contribution is -0.121. The Bertz CT molecular complexity index is 485. The summed E-state index contributed by atoms with van der Waals surface area (Å²) in [4.78, 5) is 22.3. The Morgan fingerprint density at radius 2 is 2.45 bits per heavy atom. The molecule has 0 bridgehead atoms. The lowest BCUT2D eigenvalue weighted by atomic mass is 10.2. The molecule has 1 unspecified atom stereocenters. The number of aromatic nitrogens is 2. The molecule has 110 valence electrons. The summed E-state index contributed by atoms with van der Waals surface area (Å²) in [5.41, 5.74) is 5.44. The molecule has 20 heavy (non-hydrogen) atoms. The zero-order valence-corrected chi connectivity index (χ0v) is 12.4. The van der Waals surface area contributed by atoms with Gasteiger partial charge in [0.2, 0.25) is 5.91 Å². The van der Waals surface area contributed by atoms with Crippen LogP contribution < -0.4 is 16.0 Å². The fourth-order valence-electron chi connectivity index (χ4n) is 2.04. The van der Waals surface area contributed by atoms with Crippen LogP contribution in [-0.4, -0.2) is 54.5 Å². The second-order valence-electron chi connectivity index (χ2n) is 4.31. The van der Waals surface area contributed by atoms with Crippen LogP contribution in [0.25, 0.3) is 0 Å². The van der Waals surface area contributed by atoms with E-state index in [-0.39, 0.29) is 0 Å². The molecule has 2 rings (SSSR count). The molecule has 7 nitrogen and oxygen atoms in total. The van der Waals surface area contributed by atoms with Crippen molar-refractivity contribution < 1.29 is 9.53 Å². The van der Waals surface area contributed by atoms with Crippen molar-refractivity contribution >= 4 is 29.3 Å². The second kappa shape index (κ2) is 6.76. The molecule has 1 atom stereocenters. The summed E-state index contributed by atoms with van der Waals surface area (Å²) in [7, 11) is 0. The van der Waals surface area contributed by atoms with E-state index in [9.17, 15) is 4.79 Å². The number of ether oxygens (including phenoxy) is 1. The first-order valence-electron chi connectivity index (χ1n) is 6.46. The molecule has 0 radical (unpaired) electrons. The molecule has 2 heterocycles. The number of carbonyl (C=O) groups excluding carboxylic acids is 1. The van der Waals surface area contributed by atoms with Crippen molar-refractivity contribution in [1.29, 1.82) is 0 Å². The van der Waals surface area contributed by atoms with Crippen molar-refractivity contribution in [2.24, 2.45) is 5.73 Å². The van der Waals surface area contributed by atoms with Gasteiger partial charge >= 0.3 is 0 Å². The van der Waals surface area contributed by atoms with E-state index in [1.54, 1.807) is 0 Å². The van der Waals surface area contributed by atoms with Crippen molar-refractivity contribution in [2.45, 2.75) is 18.1 Å². The Morgan fingerprint density at radius 1 is 1.65 bits per heavy atom. The molecule has 0 spiro atoms. The van der Waals surface area contributed by atoms with Crippen LogP contribution in [0, 0.1) is 0 Å². The highest BCUT2D eigenvalue weighted by molar-refractivity contribution is 7.98. The summed E-state index contributed by atoms with van der Waals surface area (Å²) in [6.07, 6.45) is 1.92. The van der Waals surface area contributed by atoms with E-state index >= 15 is 0 Å². The van der Waals surface area contributed by atoms with Crippen molar-refractivity contribution in [3.63, 3.8) is 0 Å². The molecule has 8 heteroatoms. The number of carbonyl (C=O) groups is 1. The van der Waals surface area contributed by atoms with Gasteiger partial charge in [-0.15, -0.1) is 0 Å². The molecular formula is C12H19N5O2S. The molecule has 0 aliphatic carbocycles. The summed E-state index contributed by atoms with van der Waals surface area (Å²) in [5.74, 6) is 1.04. The summed E-state index contributed by atoms with van der Waals surface area (Å²) in [5, 5.41) is 3.83. The summed E-state index contributed by atoms with van der Waals surface area (Å²) >= 11 is 1.46. The SMILES string of the molecule is CCNc1cc(N2CCOCC2C(N)=O)nc(SC)n1. The number of primary amides is 1. The highest BCUT2D eigenvalue weighted by Gasteiger charge is 2.29. The van der Waals surface area contributed by atoms with E-state index in [0.29, 0.717) is 30.7 Å². The molecule has 0 aromatic carbocycles. The first kappa shape index (κ1) is 14.9. The number of nitrogens with zero attached hydrogens (tertiary/aromatic N) is 3. The highest BCUT2D eigenvalue weighted by atomic mass is 32.2. The topological polar surface area (TPSA) is 93.4 Å². The largest absolute Gasteiger partial charge is 0.377 e. The molecule has 1 saturated heterocycles. The molecule has 1 aliphatic heterocycles. The van der Waals surface area contributed by atoms with E-state index in [1.165, 1.54) is 11.8 Å². The van der Waals surface area contributed by atoms with Crippen molar-refractivity contribution in [3.05, 3.63) is 6.07 Å². The second-order valence-corrected chi connectivity index (χ2v) is 5.09. The normalized spacial score (nSPS) is 18.9. The molecule has 1 fully saturated rings. The number of morpholine rings is 1. The molecule has 0 saturated carbocycles. The average Bonchev–Trinajstić information content (AvgIpc) is 2.47. The van der Waals surface area contributed by atoms with Gasteiger partial charge < -0.3 is 20.7 Å². The van der Waals surface area contributed by atoms with E-state index in [4.69, 9.17) is 10.5 Å².